The number of ether oxygens (including phenoxy) is 4. The molecule has 0 radical (unpaired) electrons. The second-order valence-electron chi connectivity index (χ2n) is 20.3. The van der Waals surface area contributed by atoms with Gasteiger partial charge in [0.15, 0.2) is 23.0 Å². The molecule has 0 amide bonds. The Hall–Kier alpha value is -3.03. The quantitative estimate of drug-likeness (QED) is 0.0365. The van der Waals surface area contributed by atoms with Gasteiger partial charge in [0.25, 0.3) is 0 Å². The first-order chi connectivity index (χ1) is 33.0. The zero-order chi connectivity index (χ0) is 53.1. The molecule has 0 spiro atoms. The van der Waals surface area contributed by atoms with Gasteiger partial charge in [0.1, 0.15) is 39.1 Å². The van der Waals surface area contributed by atoms with Crippen LogP contribution in [0.1, 0.15) is 177 Å². The third-order valence-electron chi connectivity index (χ3n) is 11.7. The predicted molar refractivity (Wildman–Crippen MR) is 280 cm³/mol. The molecule has 70 heavy (non-hydrogen) atoms. The molecule has 0 aromatic heterocycles. The van der Waals surface area contributed by atoms with E-state index in [4.69, 9.17) is 29.2 Å². The van der Waals surface area contributed by atoms with Crippen molar-refractivity contribution in [1.29, 1.82) is 0 Å². The molecule has 0 fully saturated rings. The minimum atomic E-state index is -5.10. The van der Waals surface area contributed by atoms with Crippen LogP contribution in [0.25, 0.3) is 0 Å². The van der Waals surface area contributed by atoms with Crippen LogP contribution in [0.5, 0.6) is 23.0 Å². The van der Waals surface area contributed by atoms with Crippen molar-refractivity contribution >= 4 is 26.0 Å². The molecule has 2 unspecified atom stereocenters. The number of hydrogen-bond acceptors (Lipinski definition) is 13. The van der Waals surface area contributed by atoms with Crippen molar-refractivity contribution in [1.82, 2.24) is 0 Å². The first-order valence-electron chi connectivity index (χ1n) is 25.8. The van der Waals surface area contributed by atoms with Crippen LogP contribution < -0.4 is 18.9 Å². The first-order valence-corrected chi connectivity index (χ1v) is 28.8. The number of quaternary nitrogens is 2. The minimum Gasteiger partial charge on any atom is -0.747 e. The minimum absolute atomic E-state index is 0.0106. The Morgan fingerprint density at radius 2 is 0.786 bits per heavy atom. The summed E-state index contributed by atoms with van der Waals surface area (Å²) in [5.41, 5.74) is -0.0211. The van der Waals surface area contributed by atoms with Gasteiger partial charge < -0.3 is 47.2 Å². The maximum absolute atomic E-state index is 13.3. The Bertz CT molecular complexity index is 1750. The molecule has 2 atom stereocenters. The van der Waals surface area contributed by atoms with Crippen LogP contribution in [0.15, 0.2) is 36.4 Å². The summed E-state index contributed by atoms with van der Waals surface area (Å²) in [5.74, 6) is 0.224. The lowest BCUT2D eigenvalue weighted by atomic mass is 10.0. The van der Waals surface area contributed by atoms with Crippen LogP contribution in [0, 0.1) is 0 Å². The largest absolute Gasteiger partial charge is 0.747 e. The van der Waals surface area contributed by atoms with Gasteiger partial charge in [-0.15, -0.1) is 0 Å². The molecule has 15 nitrogen and oxygen atoms in total. The van der Waals surface area contributed by atoms with Crippen molar-refractivity contribution < 1.29 is 68.9 Å². The monoisotopic (exact) mass is 1030 g/mol. The Morgan fingerprint density at radius 1 is 0.500 bits per heavy atom. The van der Waals surface area contributed by atoms with E-state index in [2.05, 4.69) is 56.1 Å². The number of hydrogen-bond donors (Lipinski definition) is 2. The summed E-state index contributed by atoms with van der Waals surface area (Å²) in [7, 11) is 4.88. The van der Waals surface area contributed by atoms with Gasteiger partial charge in [-0.1, -0.05) is 142 Å². The summed E-state index contributed by atoms with van der Waals surface area (Å²) in [6, 6.07) is 8.41. The molecule has 0 aliphatic carbocycles. The topological polar surface area (TPSA) is 209 Å². The van der Waals surface area contributed by atoms with Crippen LogP contribution in [0.3, 0.4) is 0 Å². The van der Waals surface area contributed by atoms with E-state index in [-0.39, 0.29) is 35.8 Å². The molecule has 2 aromatic carbocycles. The second kappa shape index (κ2) is 37.7. The highest BCUT2D eigenvalue weighted by Gasteiger charge is 2.29. The summed E-state index contributed by atoms with van der Waals surface area (Å²) in [6.45, 7) is 7.51. The Kier molecular flexibility index (Phi) is 36.0. The van der Waals surface area contributed by atoms with Crippen molar-refractivity contribution in [3.8, 4) is 23.0 Å². The molecule has 0 saturated heterocycles. The average Bonchev–Trinajstić information content (AvgIpc) is 3.27. The van der Waals surface area contributed by atoms with Gasteiger partial charge in [-0.25, -0.2) is 16.8 Å². The molecule has 17 heteroatoms. The first kappa shape index (κ1) is 67.0. The number of aliphatic hydroxyl groups excluding tert-OH is 2. The number of Topliss-reactive ketones (excluding diaryl/α,β-unsaturated/α-hetero) is 1. The lowest BCUT2D eigenvalue weighted by molar-refractivity contribution is -0.870. The Morgan fingerprint density at radius 3 is 1.01 bits per heavy atom. The zero-order valence-corrected chi connectivity index (χ0v) is 46.6. The van der Waals surface area contributed by atoms with Crippen LogP contribution >= 0.6 is 0 Å². The Labute approximate surface area is 425 Å². The molecule has 0 aliphatic rings. The third-order valence-corrected chi connectivity index (χ3v) is 14.0. The molecule has 0 saturated carbocycles. The number of carbonyl (C=O) groups is 1. The molecule has 408 valence electrons. The number of likely N-dealkylation sites (N-methyl/N-ethyl adjacent to an activating group) is 2. The van der Waals surface area contributed by atoms with E-state index >= 15 is 0 Å². The van der Waals surface area contributed by atoms with Gasteiger partial charge in [0.05, 0.1) is 93.4 Å². The van der Waals surface area contributed by atoms with E-state index in [1.54, 1.807) is 0 Å². The fraction of sp³-hybridized carbons (Fsp3) is 0.755. The highest BCUT2D eigenvalue weighted by atomic mass is 32.2. The molecule has 2 rings (SSSR count). The number of rotatable bonds is 38. The molecular weight excluding hydrogens is 937 g/mol. The van der Waals surface area contributed by atoms with Gasteiger partial charge in [-0.05, 0) is 48.2 Å². The third kappa shape index (κ3) is 33.6. The van der Waals surface area contributed by atoms with Crippen molar-refractivity contribution in [2.24, 2.45) is 0 Å². The smallest absolute Gasteiger partial charge is 0.161 e. The molecular formula is C53H96N2O13S2. The fourth-order valence-electron chi connectivity index (χ4n) is 7.42. The summed E-state index contributed by atoms with van der Waals surface area (Å²) in [5, 5.41) is 13.1. The fourth-order valence-corrected chi connectivity index (χ4v) is 9.16. The predicted octanol–water partition coefficient (Wildman–Crippen LogP) is 9.90. The Balaban J connectivity index is 0.00000294. The molecule has 0 bridgehead atoms. The number of nitrogens with zero attached hydrogens (tertiary/aromatic N) is 2. The van der Waals surface area contributed by atoms with E-state index < -0.39 is 49.4 Å². The highest BCUT2D eigenvalue weighted by molar-refractivity contribution is 7.86. The van der Waals surface area contributed by atoms with Gasteiger partial charge in [0.2, 0.25) is 0 Å². The summed E-state index contributed by atoms with van der Waals surface area (Å²) in [4.78, 5) is 13.3. The van der Waals surface area contributed by atoms with E-state index in [9.17, 15) is 30.7 Å². The number of aliphatic hydroxyl groups is 2. The van der Waals surface area contributed by atoms with E-state index in [1.165, 1.54) is 141 Å². The van der Waals surface area contributed by atoms with Crippen molar-refractivity contribution in [3.05, 3.63) is 47.5 Å². The van der Waals surface area contributed by atoms with Crippen LogP contribution in [-0.2, 0) is 25.0 Å². The SMILES string of the molecule is CCCCCCCCCCCCOc1ccc(C(CC(=O)CC(c2ccc(OCCCCCCCCCCCC)c(OC)c2)S(=O)(=O)[O-])S(=O)(=O)[O-])cc1OC.C[N+](C)(C)CCO.C[N+](C)(C)CCO. The summed E-state index contributed by atoms with van der Waals surface area (Å²) < 4.78 is 98.9. The summed E-state index contributed by atoms with van der Waals surface area (Å²) >= 11 is 0. The second-order valence-corrected chi connectivity index (χ2v) is 23.4. The van der Waals surface area contributed by atoms with E-state index in [0.717, 1.165) is 60.6 Å². The van der Waals surface area contributed by atoms with Gasteiger partial charge in [-0.2, -0.15) is 0 Å². The highest BCUT2D eigenvalue weighted by Crippen LogP contribution is 2.38. The van der Waals surface area contributed by atoms with E-state index in [0.29, 0.717) is 24.7 Å². The molecule has 0 aliphatic heterocycles. The standard InChI is InChI=1S/C43H70O11S2.2C5H14NO/c1-5-7-9-11-13-15-17-19-21-23-29-53-38-27-25-35(31-40(38)51-3)42(55(45,46)47)33-37(44)34-43(56(48,49)50)36-26-28-39(41(32-36)52-4)54-30-24-22-20-18-16-14-12-10-8-6-2;2*1-6(2,3)4-5-7/h25-28,31-32,42-43H,5-24,29-30,33-34H2,1-4H3,(H,45,46,47)(H,48,49,50);2*7H,4-5H2,1-3H3/q;2*+1/p-2. The molecule has 0 heterocycles. The molecule has 2 aromatic rings. The lowest BCUT2D eigenvalue weighted by Crippen LogP contribution is -2.36. The van der Waals surface area contributed by atoms with Crippen LogP contribution in [0.2, 0.25) is 0 Å². The van der Waals surface area contributed by atoms with Gasteiger partial charge in [-0.3, -0.25) is 4.79 Å². The maximum Gasteiger partial charge on any atom is 0.161 e. The van der Waals surface area contributed by atoms with Gasteiger partial charge in [0, 0.05) is 12.8 Å². The average molecular weight is 1030 g/mol. The number of unbranched alkanes of at least 4 members (excludes halogenated alkanes) is 18. The van der Waals surface area contributed by atoms with Crippen LogP contribution in [0.4, 0.5) is 0 Å². The number of ketones is 1. The molecule has 2 N–H and O–H groups in total. The normalized spacial score (nSPS) is 12.8. The number of carbonyl (C=O) groups excluding carboxylic acids is 1. The zero-order valence-electron chi connectivity index (χ0n) is 45.0. The number of methoxy groups -OCH3 is 2. The van der Waals surface area contributed by atoms with Crippen molar-refractivity contribution in [3.63, 3.8) is 0 Å². The van der Waals surface area contributed by atoms with Gasteiger partial charge >= 0.3 is 0 Å². The van der Waals surface area contributed by atoms with E-state index in [1.807, 2.05) is 0 Å². The van der Waals surface area contributed by atoms with Crippen molar-refractivity contribution in [2.45, 2.75) is 166 Å². The van der Waals surface area contributed by atoms with Crippen LogP contribution in [-0.4, -0.2) is 147 Å². The lowest BCUT2D eigenvalue weighted by Gasteiger charge is -2.24. The van der Waals surface area contributed by atoms with Crippen molar-refractivity contribution in [2.75, 3.05) is 96.0 Å². The summed E-state index contributed by atoms with van der Waals surface area (Å²) in [6.07, 6.45) is 21.9. The maximum atomic E-state index is 13.3. The number of benzene rings is 2.